The Morgan fingerprint density at radius 2 is 2.12 bits per heavy atom. The van der Waals surface area contributed by atoms with Gasteiger partial charge in [-0.1, -0.05) is 26.0 Å². The summed E-state index contributed by atoms with van der Waals surface area (Å²) in [5.74, 6) is 1.63. The molecule has 1 N–H and O–H groups in total. The molecule has 25 heavy (non-hydrogen) atoms. The lowest BCUT2D eigenvalue weighted by Gasteiger charge is -2.12. The van der Waals surface area contributed by atoms with E-state index in [-0.39, 0.29) is 5.91 Å². The van der Waals surface area contributed by atoms with E-state index < -0.39 is 0 Å². The fraction of sp³-hybridized carbons (Fsp3) is 0.300. The summed E-state index contributed by atoms with van der Waals surface area (Å²) < 4.78 is 11.1. The summed E-state index contributed by atoms with van der Waals surface area (Å²) in [6, 6.07) is 9.35. The topological polar surface area (TPSA) is 60.5 Å². The average Bonchev–Trinajstić information content (AvgIpc) is 2.64. The molecule has 0 fully saturated rings. The summed E-state index contributed by atoms with van der Waals surface area (Å²) in [5.41, 5.74) is 1.82. The van der Waals surface area contributed by atoms with E-state index in [9.17, 15) is 4.79 Å². The number of carbonyl (C=O) groups excluding carboxylic acids is 1. The van der Waals surface area contributed by atoms with Crippen LogP contribution in [0.1, 0.15) is 25.0 Å². The smallest absolute Gasteiger partial charge is 0.244 e. The van der Waals surface area contributed by atoms with Gasteiger partial charge in [-0.05, 0) is 41.3 Å². The van der Waals surface area contributed by atoms with Crippen molar-refractivity contribution < 1.29 is 14.3 Å². The summed E-state index contributed by atoms with van der Waals surface area (Å²) in [4.78, 5) is 15.9. The van der Waals surface area contributed by atoms with Gasteiger partial charge < -0.3 is 14.8 Å². The van der Waals surface area contributed by atoms with Crippen molar-refractivity contribution in [2.24, 2.45) is 5.92 Å². The van der Waals surface area contributed by atoms with E-state index in [1.54, 1.807) is 25.6 Å². The van der Waals surface area contributed by atoms with Crippen LogP contribution in [0.3, 0.4) is 0 Å². The molecule has 2 aromatic rings. The Morgan fingerprint density at radius 3 is 2.80 bits per heavy atom. The van der Waals surface area contributed by atoms with Crippen molar-refractivity contribution in [3.63, 3.8) is 0 Å². The van der Waals surface area contributed by atoms with Gasteiger partial charge in [-0.25, -0.2) is 0 Å². The number of benzene rings is 1. The molecule has 132 valence electrons. The van der Waals surface area contributed by atoms with Crippen molar-refractivity contribution in [1.29, 1.82) is 0 Å². The van der Waals surface area contributed by atoms with Gasteiger partial charge in [-0.15, -0.1) is 0 Å². The summed E-state index contributed by atoms with van der Waals surface area (Å²) in [7, 11) is 1.60. The Labute approximate surface area is 148 Å². The fourth-order valence-electron chi connectivity index (χ4n) is 2.09. The molecule has 5 nitrogen and oxygen atoms in total. The SMILES string of the molecule is COc1cc(/C=C/C(=O)NCc2cccnc2)ccc1OCC(C)C. The van der Waals surface area contributed by atoms with Gasteiger partial charge in [0.1, 0.15) is 0 Å². The van der Waals surface area contributed by atoms with Gasteiger partial charge in [0.15, 0.2) is 11.5 Å². The molecule has 0 aliphatic carbocycles. The van der Waals surface area contributed by atoms with E-state index in [0.29, 0.717) is 30.6 Å². The molecule has 0 radical (unpaired) electrons. The number of methoxy groups -OCH3 is 1. The number of amides is 1. The Hall–Kier alpha value is -2.82. The van der Waals surface area contributed by atoms with Gasteiger partial charge in [0, 0.05) is 25.0 Å². The van der Waals surface area contributed by atoms with Crippen molar-refractivity contribution in [2.75, 3.05) is 13.7 Å². The number of nitrogens with one attached hydrogen (secondary N) is 1. The minimum Gasteiger partial charge on any atom is -0.493 e. The zero-order chi connectivity index (χ0) is 18.1. The normalized spacial score (nSPS) is 10.9. The van der Waals surface area contributed by atoms with Crippen LogP contribution in [0, 0.1) is 5.92 Å². The minimum atomic E-state index is -0.164. The van der Waals surface area contributed by atoms with Gasteiger partial charge in [0.05, 0.1) is 13.7 Å². The van der Waals surface area contributed by atoms with Crippen molar-refractivity contribution in [1.82, 2.24) is 10.3 Å². The third-order valence-electron chi connectivity index (χ3n) is 3.38. The third kappa shape index (κ3) is 6.30. The van der Waals surface area contributed by atoms with Crippen LogP contribution in [0.25, 0.3) is 6.08 Å². The first kappa shape index (κ1) is 18.5. The van der Waals surface area contributed by atoms with Crippen LogP contribution in [0.15, 0.2) is 48.8 Å². The van der Waals surface area contributed by atoms with Crippen LogP contribution >= 0.6 is 0 Å². The quantitative estimate of drug-likeness (QED) is 0.748. The first-order chi connectivity index (χ1) is 12.1. The van der Waals surface area contributed by atoms with Crippen LogP contribution in [0.5, 0.6) is 11.5 Å². The summed E-state index contributed by atoms with van der Waals surface area (Å²) in [5, 5.41) is 2.82. The molecule has 1 aromatic heterocycles. The molecule has 0 spiro atoms. The van der Waals surface area contributed by atoms with E-state index >= 15 is 0 Å². The third-order valence-corrected chi connectivity index (χ3v) is 3.38. The molecule has 1 heterocycles. The predicted octanol–water partition coefficient (Wildman–Crippen LogP) is 3.45. The number of ether oxygens (including phenoxy) is 2. The molecule has 5 heteroatoms. The van der Waals surface area contributed by atoms with Crippen molar-refractivity contribution in [2.45, 2.75) is 20.4 Å². The summed E-state index contributed by atoms with van der Waals surface area (Å²) in [6.07, 6.45) is 6.67. The van der Waals surface area contributed by atoms with Crippen LogP contribution in [-0.2, 0) is 11.3 Å². The van der Waals surface area contributed by atoms with E-state index in [1.165, 1.54) is 6.08 Å². The number of carbonyl (C=O) groups is 1. The predicted molar refractivity (Wildman–Crippen MR) is 98.4 cm³/mol. The number of aromatic nitrogens is 1. The van der Waals surface area contributed by atoms with Crippen LogP contribution < -0.4 is 14.8 Å². The lowest BCUT2D eigenvalue weighted by molar-refractivity contribution is -0.116. The molecule has 0 bridgehead atoms. The van der Waals surface area contributed by atoms with Crippen LogP contribution in [0.2, 0.25) is 0 Å². The molecule has 2 rings (SSSR count). The van der Waals surface area contributed by atoms with Crippen molar-refractivity contribution in [3.8, 4) is 11.5 Å². The minimum absolute atomic E-state index is 0.164. The summed E-state index contributed by atoms with van der Waals surface area (Å²) in [6.45, 7) is 5.26. The van der Waals surface area contributed by atoms with Gasteiger partial charge in [0.25, 0.3) is 0 Å². The Bertz CT molecular complexity index is 712. The largest absolute Gasteiger partial charge is 0.493 e. The number of hydrogen-bond acceptors (Lipinski definition) is 4. The average molecular weight is 340 g/mol. The molecule has 0 unspecified atom stereocenters. The standard InChI is InChI=1S/C20H24N2O3/c1-15(2)14-25-18-8-6-16(11-19(18)24-3)7-9-20(23)22-13-17-5-4-10-21-12-17/h4-12,15H,13-14H2,1-3H3,(H,22,23)/b9-7+. The van der Waals surface area contributed by atoms with E-state index in [0.717, 1.165) is 11.1 Å². The second-order valence-electron chi connectivity index (χ2n) is 6.03. The number of nitrogens with zero attached hydrogens (tertiary/aromatic N) is 1. The maximum absolute atomic E-state index is 11.9. The molecular formula is C20H24N2O3. The molecular weight excluding hydrogens is 316 g/mol. The number of rotatable bonds is 8. The zero-order valence-corrected chi connectivity index (χ0v) is 14.9. The first-order valence-electron chi connectivity index (χ1n) is 8.24. The van der Waals surface area contributed by atoms with Gasteiger partial charge in [-0.2, -0.15) is 0 Å². The highest BCUT2D eigenvalue weighted by molar-refractivity contribution is 5.91. The van der Waals surface area contributed by atoms with Crippen molar-refractivity contribution in [3.05, 3.63) is 59.9 Å². The van der Waals surface area contributed by atoms with Gasteiger partial charge >= 0.3 is 0 Å². The maximum Gasteiger partial charge on any atom is 0.244 e. The Morgan fingerprint density at radius 1 is 1.28 bits per heavy atom. The first-order valence-corrected chi connectivity index (χ1v) is 8.24. The van der Waals surface area contributed by atoms with Gasteiger partial charge in [0.2, 0.25) is 5.91 Å². The maximum atomic E-state index is 11.9. The Kier molecular flexibility index (Phi) is 7.01. The van der Waals surface area contributed by atoms with Crippen LogP contribution in [-0.4, -0.2) is 24.6 Å². The molecule has 0 atom stereocenters. The monoisotopic (exact) mass is 340 g/mol. The second kappa shape index (κ2) is 9.47. The van der Waals surface area contributed by atoms with E-state index in [4.69, 9.17) is 9.47 Å². The highest BCUT2D eigenvalue weighted by Crippen LogP contribution is 2.28. The van der Waals surface area contributed by atoms with E-state index in [2.05, 4.69) is 24.1 Å². The lowest BCUT2D eigenvalue weighted by Crippen LogP contribution is -2.20. The molecule has 0 aliphatic rings. The number of pyridine rings is 1. The summed E-state index contributed by atoms with van der Waals surface area (Å²) >= 11 is 0. The van der Waals surface area contributed by atoms with Crippen molar-refractivity contribution >= 4 is 12.0 Å². The lowest BCUT2D eigenvalue weighted by atomic mass is 10.2. The van der Waals surface area contributed by atoms with Gasteiger partial charge in [-0.3, -0.25) is 9.78 Å². The van der Waals surface area contributed by atoms with E-state index in [1.807, 2.05) is 30.3 Å². The zero-order valence-electron chi connectivity index (χ0n) is 14.9. The molecule has 1 aromatic carbocycles. The molecule has 0 saturated heterocycles. The highest BCUT2D eigenvalue weighted by atomic mass is 16.5. The Balaban J connectivity index is 1.94. The molecule has 0 aliphatic heterocycles. The van der Waals surface area contributed by atoms with Crippen LogP contribution in [0.4, 0.5) is 0 Å². The number of hydrogen-bond donors (Lipinski definition) is 1. The highest BCUT2D eigenvalue weighted by Gasteiger charge is 2.06. The molecule has 0 saturated carbocycles. The second-order valence-corrected chi connectivity index (χ2v) is 6.03. The fourth-order valence-corrected chi connectivity index (χ4v) is 2.09. The molecule has 1 amide bonds.